The fraction of sp³-hybridized carbons (Fsp3) is 0.250. The largest absolute Gasteiger partial charge is 0.363 e. The van der Waals surface area contributed by atoms with Gasteiger partial charge in [-0.15, -0.1) is 0 Å². The number of hydrogen-bond acceptors (Lipinski definition) is 3. The summed E-state index contributed by atoms with van der Waals surface area (Å²) >= 11 is 0. The zero-order chi connectivity index (χ0) is 25.1. The van der Waals surface area contributed by atoms with E-state index < -0.39 is 0 Å². The standard InChI is InChI=1S/C32H33N3O/c1-32(2,3)35-30(36)21-28-20-29(17-16-26(28)19-27-15-10-18-33-31(27)35)34(22-24-11-6-4-7-12-24)23-25-13-8-5-9-14-25/h4-18,20H,19,21-23H2,1-3H3. The molecule has 0 fully saturated rings. The number of aromatic nitrogens is 1. The molecule has 182 valence electrons. The van der Waals surface area contributed by atoms with Crippen LogP contribution in [0.4, 0.5) is 11.5 Å². The summed E-state index contributed by atoms with van der Waals surface area (Å²) in [6.07, 6.45) is 2.90. The van der Waals surface area contributed by atoms with Crippen molar-refractivity contribution in [2.45, 2.75) is 52.2 Å². The number of carbonyl (C=O) groups is 1. The van der Waals surface area contributed by atoms with Crippen LogP contribution >= 0.6 is 0 Å². The molecule has 36 heavy (non-hydrogen) atoms. The van der Waals surface area contributed by atoms with Crippen molar-refractivity contribution in [2.75, 3.05) is 9.80 Å². The Bertz CT molecular complexity index is 1300. The van der Waals surface area contributed by atoms with Gasteiger partial charge in [0.1, 0.15) is 5.82 Å². The van der Waals surface area contributed by atoms with E-state index in [1.54, 1.807) is 6.20 Å². The molecule has 0 atom stereocenters. The van der Waals surface area contributed by atoms with Crippen LogP contribution in [0.2, 0.25) is 0 Å². The molecule has 1 aromatic heterocycles. The van der Waals surface area contributed by atoms with Gasteiger partial charge in [-0.3, -0.25) is 9.69 Å². The average Bonchev–Trinajstić information content (AvgIpc) is 2.85. The Kier molecular flexibility index (Phi) is 6.60. The summed E-state index contributed by atoms with van der Waals surface area (Å²) in [5, 5.41) is 0. The Balaban J connectivity index is 1.54. The van der Waals surface area contributed by atoms with Crippen molar-refractivity contribution >= 4 is 17.4 Å². The lowest BCUT2D eigenvalue weighted by atomic mass is 9.92. The molecule has 0 radical (unpaired) electrons. The average molecular weight is 476 g/mol. The quantitative estimate of drug-likeness (QED) is 0.328. The lowest BCUT2D eigenvalue weighted by Crippen LogP contribution is -2.48. The van der Waals surface area contributed by atoms with Crippen LogP contribution in [0.25, 0.3) is 0 Å². The van der Waals surface area contributed by atoms with E-state index in [-0.39, 0.29) is 11.4 Å². The zero-order valence-electron chi connectivity index (χ0n) is 21.3. The lowest BCUT2D eigenvalue weighted by Gasteiger charge is -2.37. The first kappa shape index (κ1) is 23.8. The molecule has 4 nitrogen and oxygen atoms in total. The number of hydrogen-bond donors (Lipinski definition) is 0. The molecule has 0 saturated carbocycles. The zero-order valence-corrected chi connectivity index (χ0v) is 21.3. The summed E-state index contributed by atoms with van der Waals surface area (Å²) in [5.74, 6) is 0.859. The van der Waals surface area contributed by atoms with Gasteiger partial charge >= 0.3 is 0 Å². The second-order valence-electron chi connectivity index (χ2n) is 10.5. The first-order valence-electron chi connectivity index (χ1n) is 12.6. The van der Waals surface area contributed by atoms with Crippen molar-refractivity contribution in [2.24, 2.45) is 0 Å². The van der Waals surface area contributed by atoms with Gasteiger partial charge in [0.25, 0.3) is 0 Å². The fourth-order valence-electron chi connectivity index (χ4n) is 5.02. The van der Waals surface area contributed by atoms with Gasteiger partial charge in [0.05, 0.1) is 6.42 Å². The van der Waals surface area contributed by atoms with E-state index in [0.29, 0.717) is 6.42 Å². The molecule has 4 heteroatoms. The smallest absolute Gasteiger partial charge is 0.233 e. The van der Waals surface area contributed by atoms with Crippen LogP contribution in [0.5, 0.6) is 0 Å². The Morgan fingerprint density at radius 3 is 2.00 bits per heavy atom. The fourth-order valence-corrected chi connectivity index (χ4v) is 5.02. The summed E-state index contributed by atoms with van der Waals surface area (Å²) in [4.78, 5) is 22.6. The van der Waals surface area contributed by atoms with Crippen molar-refractivity contribution in [3.8, 4) is 0 Å². The maximum Gasteiger partial charge on any atom is 0.233 e. The van der Waals surface area contributed by atoms with Gasteiger partial charge in [0.15, 0.2) is 0 Å². The molecule has 0 spiro atoms. The predicted molar refractivity (Wildman–Crippen MR) is 147 cm³/mol. The first-order chi connectivity index (χ1) is 17.4. The first-order valence-corrected chi connectivity index (χ1v) is 12.6. The van der Waals surface area contributed by atoms with E-state index in [2.05, 4.69) is 116 Å². The topological polar surface area (TPSA) is 36.4 Å². The van der Waals surface area contributed by atoms with Crippen molar-refractivity contribution in [1.29, 1.82) is 0 Å². The van der Waals surface area contributed by atoms with Crippen LogP contribution in [-0.4, -0.2) is 16.4 Å². The van der Waals surface area contributed by atoms with Crippen molar-refractivity contribution < 1.29 is 4.79 Å². The third-order valence-corrected chi connectivity index (χ3v) is 6.71. The van der Waals surface area contributed by atoms with Crippen LogP contribution in [0.15, 0.2) is 97.2 Å². The number of carbonyl (C=O) groups excluding carboxylic acids is 1. The summed E-state index contributed by atoms with van der Waals surface area (Å²) < 4.78 is 0. The monoisotopic (exact) mass is 475 g/mol. The highest BCUT2D eigenvalue weighted by atomic mass is 16.2. The second kappa shape index (κ2) is 9.98. The van der Waals surface area contributed by atoms with Gasteiger partial charge in [0.2, 0.25) is 5.91 Å². The highest BCUT2D eigenvalue weighted by molar-refractivity contribution is 5.96. The van der Waals surface area contributed by atoms with E-state index in [1.165, 1.54) is 16.7 Å². The maximum absolute atomic E-state index is 13.7. The van der Waals surface area contributed by atoms with E-state index in [1.807, 2.05) is 11.0 Å². The summed E-state index contributed by atoms with van der Waals surface area (Å²) in [6, 6.07) is 31.8. The molecule has 0 unspecified atom stereocenters. The number of anilines is 2. The predicted octanol–water partition coefficient (Wildman–Crippen LogP) is 6.57. The molecule has 2 heterocycles. The van der Waals surface area contributed by atoms with Crippen molar-refractivity contribution in [1.82, 2.24) is 4.98 Å². The van der Waals surface area contributed by atoms with Gasteiger partial charge in [-0.2, -0.15) is 0 Å². The molecule has 0 bridgehead atoms. The Morgan fingerprint density at radius 1 is 0.750 bits per heavy atom. The number of nitrogens with zero attached hydrogens (tertiary/aromatic N) is 3. The minimum Gasteiger partial charge on any atom is -0.363 e. The molecule has 4 aromatic rings. The van der Waals surface area contributed by atoms with Crippen molar-refractivity contribution in [3.63, 3.8) is 0 Å². The molecule has 1 amide bonds. The van der Waals surface area contributed by atoms with Gasteiger partial charge < -0.3 is 4.90 Å². The molecule has 0 N–H and O–H groups in total. The van der Waals surface area contributed by atoms with Gasteiger partial charge in [0, 0.05) is 36.9 Å². The minimum atomic E-state index is -0.359. The van der Waals surface area contributed by atoms with E-state index in [4.69, 9.17) is 0 Å². The SMILES string of the molecule is CC(C)(C)N1C(=O)Cc2cc(N(Cc3ccccc3)Cc3ccccc3)ccc2Cc2cccnc21. The van der Waals surface area contributed by atoms with E-state index in [0.717, 1.165) is 42.1 Å². The molecular formula is C32H33N3O. The van der Waals surface area contributed by atoms with Crippen molar-refractivity contribution in [3.05, 3.63) is 125 Å². The Hall–Kier alpha value is -3.92. The number of pyridine rings is 1. The maximum atomic E-state index is 13.7. The highest BCUT2D eigenvalue weighted by Crippen LogP contribution is 2.33. The number of amides is 1. The normalized spacial score (nSPS) is 13.4. The van der Waals surface area contributed by atoms with Crippen LogP contribution < -0.4 is 9.80 Å². The Morgan fingerprint density at radius 2 is 1.39 bits per heavy atom. The summed E-state index contributed by atoms with van der Waals surface area (Å²) in [7, 11) is 0. The van der Waals surface area contributed by atoms with Crippen LogP contribution in [0.3, 0.4) is 0 Å². The van der Waals surface area contributed by atoms with E-state index >= 15 is 0 Å². The molecular weight excluding hydrogens is 442 g/mol. The summed E-state index contributed by atoms with van der Waals surface area (Å²) in [6.45, 7) is 7.81. The summed E-state index contributed by atoms with van der Waals surface area (Å²) in [5.41, 5.74) is 6.65. The van der Waals surface area contributed by atoms with Gasteiger partial charge in [-0.25, -0.2) is 4.98 Å². The molecule has 0 aliphatic carbocycles. The molecule has 5 rings (SSSR count). The third-order valence-electron chi connectivity index (χ3n) is 6.71. The number of benzene rings is 3. The van der Waals surface area contributed by atoms with E-state index in [9.17, 15) is 4.79 Å². The second-order valence-corrected chi connectivity index (χ2v) is 10.5. The van der Waals surface area contributed by atoms with Gasteiger partial charge in [-0.05, 0) is 66.8 Å². The number of rotatable bonds is 5. The number of fused-ring (bicyclic) bond motifs is 2. The third kappa shape index (κ3) is 5.18. The van der Waals surface area contributed by atoms with Crippen LogP contribution in [-0.2, 0) is 30.7 Å². The lowest BCUT2D eigenvalue weighted by molar-refractivity contribution is -0.119. The molecule has 1 aliphatic heterocycles. The molecule has 3 aromatic carbocycles. The van der Waals surface area contributed by atoms with Crippen LogP contribution in [0.1, 0.15) is 48.6 Å². The van der Waals surface area contributed by atoms with Gasteiger partial charge in [-0.1, -0.05) is 72.8 Å². The molecule has 0 saturated heterocycles. The van der Waals surface area contributed by atoms with Crippen LogP contribution in [0, 0.1) is 0 Å². The molecule has 1 aliphatic rings. The highest BCUT2D eigenvalue weighted by Gasteiger charge is 2.33. The minimum absolute atomic E-state index is 0.0817. The Labute approximate surface area is 214 Å².